The normalized spacial score (nSPS) is 28.2. The minimum atomic E-state index is 0.164. The van der Waals surface area contributed by atoms with Crippen molar-refractivity contribution in [3.8, 4) is 0 Å². The van der Waals surface area contributed by atoms with Crippen molar-refractivity contribution < 1.29 is 9.15 Å². The van der Waals surface area contributed by atoms with E-state index in [0.29, 0.717) is 6.54 Å². The van der Waals surface area contributed by atoms with Crippen molar-refractivity contribution in [1.82, 2.24) is 4.90 Å². The molecule has 1 saturated heterocycles. The van der Waals surface area contributed by atoms with E-state index in [1.165, 1.54) is 0 Å². The third kappa shape index (κ3) is 2.89. The number of furan rings is 1. The van der Waals surface area contributed by atoms with E-state index in [2.05, 4.69) is 18.7 Å². The van der Waals surface area contributed by atoms with E-state index in [-0.39, 0.29) is 18.2 Å². The Morgan fingerprint density at radius 1 is 1.35 bits per heavy atom. The first kappa shape index (κ1) is 12.6. The Hall–Kier alpha value is -0.840. The second-order valence-electron chi connectivity index (χ2n) is 4.91. The molecule has 4 nitrogen and oxygen atoms in total. The number of hydrogen-bond donors (Lipinski definition) is 1. The van der Waals surface area contributed by atoms with Gasteiger partial charge in [-0.2, -0.15) is 0 Å². The van der Waals surface area contributed by atoms with Gasteiger partial charge in [0, 0.05) is 19.6 Å². The Labute approximate surface area is 103 Å². The van der Waals surface area contributed by atoms with E-state index in [9.17, 15) is 0 Å². The monoisotopic (exact) mass is 238 g/mol. The van der Waals surface area contributed by atoms with Gasteiger partial charge in [0.05, 0.1) is 18.2 Å². The second-order valence-corrected chi connectivity index (χ2v) is 4.91. The maximum Gasteiger partial charge on any atom is 0.122 e. The lowest BCUT2D eigenvalue weighted by Gasteiger charge is -2.39. The van der Waals surface area contributed by atoms with Crippen molar-refractivity contribution in [2.75, 3.05) is 19.6 Å². The molecule has 4 heteroatoms. The zero-order valence-corrected chi connectivity index (χ0v) is 10.8. The van der Waals surface area contributed by atoms with Gasteiger partial charge in [0.1, 0.15) is 11.5 Å². The maximum atomic E-state index is 5.89. The molecular formula is C13H22N2O2. The van der Waals surface area contributed by atoms with Crippen LogP contribution in [-0.4, -0.2) is 36.7 Å². The highest BCUT2D eigenvalue weighted by molar-refractivity contribution is 5.10. The van der Waals surface area contributed by atoms with Crippen molar-refractivity contribution >= 4 is 0 Å². The van der Waals surface area contributed by atoms with Crippen molar-refractivity contribution in [2.45, 2.75) is 39.0 Å². The van der Waals surface area contributed by atoms with Crippen LogP contribution in [-0.2, 0) is 4.74 Å². The van der Waals surface area contributed by atoms with Gasteiger partial charge < -0.3 is 14.9 Å². The molecule has 1 aliphatic rings. The molecule has 1 aromatic heterocycles. The highest BCUT2D eigenvalue weighted by Crippen LogP contribution is 2.25. The Bertz CT molecular complexity index is 354. The van der Waals surface area contributed by atoms with E-state index in [4.69, 9.17) is 14.9 Å². The van der Waals surface area contributed by atoms with Gasteiger partial charge in [-0.25, -0.2) is 0 Å². The average Bonchev–Trinajstić information content (AvgIpc) is 2.64. The van der Waals surface area contributed by atoms with Crippen LogP contribution in [0.4, 0.5) is 0 Å². The lowest BCUT2D eigenvalue weighted by atomic mass is 10.1. The fourth-order valence-corrected chi connectivity index (χ4v) is 2.55. The lowest BCUT2D eigenvalue weighted by Crippen LogP contribution is -2.48. The molecule has 2 rings (SSSR count). The molecule has 1 aromatic rings. The minimum Gasteiger partial charge on any atom is -0.465 e. The van der Waals surface area contributed by atoms with E-state index in [0.717, 1.165) is 24.6 Å². The fourth-order valence-electron chi connectivity index (χ4n) is 2.55. The zero-order chi connectivity index (χ0) is 12.4. The number of rotatable bonds is 3. The smallest absolute Gasteiger partial charge is 0.122 e. The molecule has 0 aromatic carbocycles. The molecule has 1 fully saturated rings. The first-order valence-corrected chi connectivity index (χ1v) is 6.26. The summed E-state index contributed by atoms with van der Waals surface area (Å²) in [7, 11) is 0. The first-order valence-electron chi connectivity index (χ1n) is 6.26. The van der Waals surface area contributed by atoms with E-state index < -0.39 is 0 Å². The molecule has 96 valence electrons. The second kappa shape index (κ2) is 5.21. The third-order valence-corrected chi connectivity index (χ3v) is 3.20. The topological polar surface area (TPSA) is 51.6 Å². The summed E-state index contributed by atoms with van der Waals surface area (Å²) in [5, 5.41) is 0. The molecule has 0 bridgehead atoms. The lowest BCUT2D eigenvalue weighted by molar-refractivity contribution is -0.0819. The van der Waals surface area contributed by atoms with Gasteiger partial charge in [-0.15, -0.1) is 0 Å². The fraction of sp³-hybridized carbons (Fsp3) is 0.692. The van der Waals surface area contributed by atoms with Gasteiger partial charge >= 0.3 is 0 Å². The maximum absolute atomic E-state index is 5.89. The van der Waals surface area contributed by atoms with E-state index in [1.54, 1.807) is 0 Å². The summed E-state index contributed by atoms with van der Waals surface area (Å²) in [6, 6.07) is 4.18. The molecule has 0 amide bonds. The summed E-state index contributed by atoms with van der Waals surface area (Å²) in [6.07, 6.45) is 0.507. The summed E-state index contributed by atoms with van der Waals surface area (Å²) < 4.78 is 11.4. The van der Waals surface area contributed by atoms with Crippen molar-refractivity contribution in [3.05, 3.63) is 23.7 Å². The Morgan fingerprint density at radius 3 is 2.47 bits per heavy atom. The SMILES string of the molecule is Cc1ccc(C(CN)N2C[C@@H](C)O[C@@H](C)C2)o1. The summed E-state index contributed by atoms with van der Waals surface area (Å²) in [6.45, 7) is 8.55. The molecule has 2 heterocycles. The van der Waals surface area contributed by atoms with Crippen molar-refractivity contribution in [3.63, 3.8) is 0 Å². The number of ether oxygens (including phenoxy) is 1. The van der Waals surface area contributed by atoms with Gasteiger partial charge in [0.15, 0.2) is 0 Å². The summed E-state index contributed by atoms with van der Waals surface area (Å²) in [5.74, 6) is 1.90. The molecule has 1 unspecified atom stereocenters. The van der Waals surface area contributed by atoms with Gasteiger partial charge in [0.25, 0.3) is 0 Å². The van der Waals surface area contributed by atoms with Crippen LogP contribution >= 0.6 is 0 Å². The van der Waals surface area contributed by atoms with Gasteiger partial charge in [-0.3, -0.25) is 4.90 Å². The molecule has 3 atom stereocenters. The standard InChI is InChI=1S/C13H22N2O2/c1-9-4-5-13(17-9)12(6-14)15-7-10(2)16-11(3)8-15/h4-5,10-12H,6-8,14H2,1-3H3/t10-,11+,12?. The van der Waals surface area contributed by atoms with Crippen LogP contribution in [0, 0.1) is 6.92 Å². The Morgan fingerprint density at radius 2 is 2.00 bits per heavy atom. The zero-order valence-electron chi connectivity index (χ0n) is 10.8. The molecule has 0 aliphatic carbocycles. The molecule has 0 saturated carbocycles. The summed E-state index contributed by atoms with van der Waals surface area (Å²) in [4.78, 5) is 2.36. The Balaban J connectivity index is 2.12. The number of morpholine rings is 1. The number of nitrogens with two attached hydrogens (primary N) is 1. The number of nitrogens with zero attached hydrogens (tertiary/aromatic N) is 1. The average molecular weight is 238 g/mol. The van der Waals surface area contributed by atoms with Crippen molar-refractivity contribution in [2.24, 2.45) is 5.73 Å². The molecular weight excluding hydrogens is 216 g/mol. The van der Waals surface area contributed by atoms with Crippen LogP contribution in [0.25, 0.3) is 0 Å². The third-order valence-electron chi connectivity index (χ3n) is 3.20. The summed E-state index contributed by atoms with van der Waals surface area (Å²) >= 11 is 0. The van der Waals surface area contributed by atoms with Gasteiger partial charge in [0.2, 0.25) is 0 Å². The van der Waals surface area contributed by atoms with Gasteiger partial charge in [-0.05, 0) is 32.9 Å². The van der Waals surface area contributed by atoms with E-state index in [1.807, 2.05) is 19.1 Å². The Kier molecular flexibility index (Phi) is 3.86. The van der Waals surface area contributed by atoms with Crippen LogP contribution < -0.4 is 5.73 Å². The number of aryl methyl sites for hydroxylation is 1. The summed E-state index contributed by atoms with van der Waals surface area (Å²) in [5.41, 5.74) is 5.89. The van der Waals surface area contributed by atoms with Crippen LogP contribution in [0.1, 0.15) is 31.4 Å². The highest BCUT2D eigenvalue weighted by Gasteiger charge is 2.29. The van der Waals surface area contributed by atoms with Crippen LogP contribution in [0.2, 0.25) is 0 Å². The minimum absolute atomic E-state index is 0.164. The predicted molar refractivity (Wildman–Crippen MR) is 66.8 cm³/mol. The molecule has 2 N–H and O–H groups in total. The molecule has 0 spiro atoms. The van der Waals surface area contributed by atoms with Crippen molar-refractivity contribution in [1.29, 1.82) is 0 Å². The van der Waals surface area contributed by atoms with Crippen LogP contribution in [0.5, 0.6) is 0 Å². The quantitative estimate of drug-likeness (QED) is 0.870. The molecule has 17 heavy (non-hydrogen) atoms. The van der Waals surface area contributed by atoms with E-state index >= 15 is 0 Å². The molecule has 0 radical (unpaired) electrons. The molecule has 1 aliphatic heterocycles. The predicted octanol–water partition coefficient (Wildman–Crippen LogP) is 1.70. The first-order chi connectivity index (χ1) is 8.10. The van der Waals surface area contributed by atoms with Crippen LogP contribution in [0.3, 0.4) is 0 Å². The largest absolute Gasteiger partial charge is 0.465 e. The van der Waals surface area contributed by atoms with Crippen LogP contribution in [0.15, 0.2) is 16.5 Å². The van der Waals surface area contributed by atoms with Gasteiger partial charge in [-0.1, -0.05) is 0 Å². The highest BCUT2D eigenvalue weighted by atomic mass is 16.5. The number of hydrogen-bond acceptors (Lipinski definition) is 4.